The molecule has 0 saturated carbocycles. The van der Waals surface area contributed by atoms with Gasteiger partial charge in [-0.2, -0.15) is 0 Å². The zero-order valence-corrected chi connectivity index (χ0v) is 11.8. The third kappa shape index (κ3) is 2.73. The van der Waals surface area contributed by atoms with Gasteiger partial charge in [0.2, 0.25) is 5.91 Å². The molecule has 1 fully saturated rings. The van der Waals surface area contributed by atoms with Crippen LogP contribution in [0.25, 0.3) is 0 Å². The van der Waals surface area contributed by atoms with Gasteiger partial charge in [0, 0.05) is 19.2 Å². The summed E-state index contributed by atoms with van der Waals surface area (Å²) in [5, 5.41) is 13.1. The Kier molecular flexibility index (Phi) is 4.10. The molecule has 3 unspecified atom stereocenters. The molecule has 104 valence electrons. The number of nitrogens with zero attached hydrogens (tertiary/aromatic N) is 1. The van der Waals surface area contributed by atoms with Gasteiger partial charge in [-0.25, -0.2) is 0 Å². The van der Waals surface area contributed by atoms with Gasteiger partial charge in [-0.05, 0) is 25.5 Å². The van der Waals surface area contributed by atoms with Gasteiger partial charge in [0.15, 0.2) is 0 Å². The van der Waals surface area contributed by atoms with Crippen LogP contribution in [0.15, 0.2) is 24.3 Å². The van der Waals surface area contributed by atoms with Gasteiger partial charge in [-0.15, -0.1) is 0 Å². The van der Waals surface area contributed by atoms with Crippen molar-refractivity contribution in [3.63, 3.8) is 0 Å². The van der Waals surface area contributed by atoms with Crippen LogP contribution in [-0.2, 0) is 4.79 Å². The molecule has 0 aromatic heterocycles. The van der Waals surface area contributed by atoms with E-state index in [2.05, 4.69) is 12.2 Å². The zero-order chi connectivity index (χ0) is 14.0. The summed E-state index contributed by atoms with van der Waals surface area (Å²) in [6.45, 7) is 5.69. The molecule has 3 atom stereocenters. The van der Waals surface area contributed by atoms with Gasteiger partial charge < -0.3 is 15.3 Å². The number of nitrogens with one attached hydrogen (secondary N) is 1. The Balaban J connectivity index is 2.13. The van der Waals surface area contributed by atoms with Crippen molar-refractivity contribution in [2.24, 2.45) is 11.8 Å². The average molecular weight is 262 g/mol. The fourth-order valence-electron chi connectivity index (χ4n) is 2.64. The minimum absolute atomic E-state index is 0.0401. The van der Waals surface area contributed by atoms with Crippen LogP contribution in [0.3, 0.4) is 0 Å². The highest BCUT2D eigenvalue weighted by molar-refractivity contribution is 5.80. The molecule has 0 aliphatic carbocycles. The number of carbonyl (C=O) groups excluding carboxylic acids is 1. The smallest absolute Gasteiger partial charge is 0.227 e. The van der Waals surface area contributed by atoms with Gasteiger partial charge in [-0.1, -0.05) is 25.1 Å². The second-order valence-corrected chi connectivity index (χ2v) is 5.43. The molecule has 1 aromatic rings. The van der Waals surface area contributed by atoms with Crippen molar-refractivity contribution in [3.8, 4) is 5.75 Å². The standard InChI is InChI=1S/C15H22N2O2/c1-10-8-16-9-13(10)15(19)17(3)11(2)12-6-4-5-7-14(12)18/h4-7,10-11,13,16,18H,8-9H2,1-3H3. The van der Waals surface area contributed by atoms with Crippen LogP contribution >= 0.6 is 0 Å². The Morgan fingerprint density at radius 2 is 2.11 bits per heavy atom. The highest BCUT2D eigenvalue weighted by Gasteiger charge is 2.33. The van der Waals surface area contributed by atoms with E-state index in [0.29, 0.717) is 5.92 Å². The number of rotatable bonds is 3. The Bertz CT molecular complexity index is 461. The predicted molar refractivity (Wildman–Crippen MR) is 74.8 cm³/mol. The monoisotopic (exact) mass is 262 g/mol. The second kappa shape index (κ2) is 5.61. The predicted octanol–water partition coefficient (Wildman–Crippen LogP) is 1.77. The maximum Gasteiger partial charge on any atom is 0.227 e. The molecule has 2 N–H and O–H groups in total. The van der Waals surface area contributed by atoms with Crippen molar-refractivity contribution < 1.29 is 9.90 Å². The number of benzene rings is 1. The lowest BCUT2D eigenvalue weighted by Gasteiger charge is -2.29. The SMILES string of the molecule is CC1CNCC1C(=O)N(C)C(C)c1ccccc1O. The van der Waals surface area contributed by atoms with Crippen LogP contribution in [0.4, 0.5) is 0 Å². The Hall–Kier alpha value is -1.55. The molecular weight excluding hydrogens is 240 g/mol. The van der Waals surface area contributed by atoms with Crippen LogP contribution in [-0.4, -0.2) is 36.1 Å². The Morgan fingerprint density at radius 3 is 2.68 bits per heavy atom. The lowest BCUT2D eigenvalue weighted by Crippen LogP contribution is -2.37. The number of phenols is 1. The van der Waals surface area contributed by atoms with Crippen molar-refractivity contribution in [1.82, 2.24) is 10.2 Å². The van der Waals surface area contributed by atoms with Crippen LogP contribution in [0.1, 0.15) is 25.5 Å². The van der Waals surface area contributed by atoms with Crippen molar-refractivity contribution in [2.45, 2.75) is 19.9 Å². The maximum absolute atomic E-state index is 12.5. The molecule has 4 heteroatoms. The number of para-hydroxylation sites is 1. The van der Waals surface area contributed by atoms with Crippen molar-refractivity contribution in [3.05, 3.63) is 29.8 Å². The fraction of sp³-hybridized carbons (Fsp3) is 0.533. The fourth-order valence-corrected chi connectivity index (χ4v) is 2.64. The first kappa shape index (κ1) is 13.9. The number of phenolic OH excluding ortho intramolecular Hbond substituents is 1. The largest absolute Gasteiger partial charge is 0.508 e. The highest BCUT2D eigenvalue weighted by Crippen LogP contribution is 2.29. The lowest BCUT2D eigenvalue weighted by molar-refractivity contribution is -0.136. The number of hydrogen-bond acceptors (Lipinski definition) is 3. The number of hydrogen-bond donors (Lipinski definition) is 2. The van der Waals surface area contributed by atoms with Gasteiger partial charge >= 0.3 is 0 Å². The van der Waals surface area contributed by atoms with E-state index in [9.17, 15) is 9.90 Å². The molecule has 1 saturated heterocycles. The van der Waals surface area contributed by atoms with E-state index in [0.717, 1.165) is 18.7 Å². The molecule has 0 spiro atoms. The number of aromatic hydroxyl groups is 1. The molecule has 2 rings (SSSR count). The van der Waals surface area contributed by atoms with E-state index >= 15 is 0 Å². The van der Waals surface area contributed by atoms with Gasteiger partial charge in [0.25, 0.3) is 0 Å². The van der Waals surface area contributed by atoms with Crippen LogP contribution < -0.4 is 5.32 Å². The molecule has 0 bridgehead atoms. The van der Waals surface area contributed by atoms with Crippen LogP contribution in [0.5, 0.6) is 5.75 Å². The van der Waals surface area contributed by atoms with E-state index in [1.165, 1.54) is 0 Å². The Morgan fingerprint density at radius 1 is 1.42 bits per heavy atom. The summed E-state index contributed by atoms with van der Waals surface area (Å²) in [5.41, 5.74) is 0.789. The minimum Gasteiger partial charge on any atom is -0.508 e. The van der Waals surface area contributed by atoms with Gasteiger partial charge in [0.1, 0.15) is 5.75 Å². The third-order valence-electron chi connectivity index (χ3n) is 4.15. The summed E-state index contributed by atoms with van der Waals surface area (Å²) in [6.07, 6.45) is 0. The van der Waals surface area contributed by atoms with Crippen molar-refractivity contribution in [2.75, 3.05) is 20.1 Å². The Labute approximate surface area is 114 Å². The van der Waals surface area contributed by atoms with E-state index in [4.69, 9.17) is 0 Å². The molecule has 1 aliphatic rings. The third-order valence-corrected chi connectivity index (χ3v) is 4.15. The van der Waals surface area contributed by atoms with Crippen LogP contribution in [0.2, 0.25) is 0 Å². The zero-order valence-electron chi connectivity index (χ0n) is 11.8. The van der Waals surface area contributed by atoms with Gasteiger partial charge in [0.05, 0.1) is 12.0 Å². The van der Waals surface area contributed by atoms with E-state index in [1.807, 2.05) is 26.1 Å². The van der Waals surface area contributed by atoms with Gasteiger partial charge in [-0.3, -0.25) is 4.79 Å². The molecule has 1 aliphatic heterocycles. The second-order valence-electron chi connectivity index (χ2n) is 5.43. The summed E-state index contributed by atoms with van der Waals surface area (Å²) < 4.78 is 0. The first-order chi connectivity index (χ1) is 9.02. The molecule has 1 amide bonds. The van der Waals surface area contributed by atoms with Crippen LogP contribution in [0, 0.1) is 11.8 Å². The first-order valence-electron chi connectivity index (χ1n) is 6.77. The summed E-state index contributed by atoms with van der Waals surface area (Å²) in [7, 11) is 1.81. The summed E-state index contributed by atoms with van der Waals surface area (Å²) in [6, 6.07) is 7.06. The topological polar surface area (TPSA) is 52.6 Å². The molecule has 0 radical (unpaired) electrons. The highest BCUT2D eigenvalue weighted by atomic mass is 16.3. The number of carbonyl (C=O) groups is 1. The van der Waals surface area contributed by atoms with E-state index in [-0.39, 0.29) is 23.6 Å². The molecule has 1 aromatic carbocycles. The first-order valence-corrected chi connectivity index (χ1v) is 6.77. The van der Waals surface area contributed by atoms with Crippen molar-refractivity contribution in [1.29, 1.82) is 0 Å². The van der Waals surface area contributed by atoms with Crippen molar-refractivity contribution >= 4 is 5.91 Å². The maximum atomic E-state index is 12.5. The quantitative estimate of drug-likeness (QED) is 0.873. The summed E-state index contributed by atoms with van der Waals surface area (Å²) in [4.78, 5) is 14.2. The molecular formula is C15H22N2O2. The normalized spacial score (nSPS) is 24.2. The number of amides is 1. The summed E-state index contributed by atoms with van der Waals surface area (Å²) in [5.74, 6) is 0.797. The summed E-state index contributed by atoms with van der Waals surface area (Å²) >= 11 is 0. The average Bonchev–Trinajstić information content (AvgIpc) is 2.83. The molecule has 4 nitrogen and oxygen atoms in total. The van der Waals surface area contributed by atoms with E-state index < -0.39 is 0 Å². The minimum atomic E-state index is -0.124. The molecule has 19 heavy (non-hydrogen) atoms. The van der Waals surface area contributed by atoms with E-state index in [1.54, 1.807) is 17.0 Å². The molecule has 1 heterocycles. The lowest BCUT2D eigenvalue weighted by atomic mass is 9.95.